The lowest BCUT2D eigenvalue weighted by Gasteiger charge is -2.09. The van der Waals surface area contributed by atoms with Crippen molar-refractivity contribution in [3.05, 3.63) is 47.2 Å². The third-order valence-corrected chi connectivity index (χ3v) is 3.02. The summed E-state index contributed by atoms with van der Waals surface area (Å²) in [5.41, 5.74) is 1.83. The fraction of sp³-hybridized carbons (Fsp3) is 0.375. The Hall–Kier alpha value is -2.17. The van der Waals surface area contributed by atoms with Gasteiger partial charge in [0.1, 0.15) is 11.6 Å². The van der Waals surface area contributed by atoms with Crippen LogP contribution >= 0.6 is 0 Å². The molecule has 1 aromatic carbocycles. The van der Waals surface area contributed by atoms with Gasteiger partial charge in [0, 0.05) is 18.3 Å². The van der Waals surface area contributed by atoms with Crippen LogP contribution in [-0.2, 0) is 13.0 Å². The number of nitrogens with one attached hydrogen (secondary N) is 1. The molecule has 21 heavy (non-hydrogen) atoms. The maximum absolute atomic E-state index is 13.8. The standard InChI is InChI=1S/C16H20FN3O/c1-4-13-9-16(20-11(3)19-13)18-10-12-6-7-15(21-5-2)14(17)8-12/h6-9H,4-5,10H2,1-3H3,(H,18,19,20). The van der Waals surface area contributed by atoms with Crippen molar-refractivity contribution in [2.24, 2.45) is 0 Å². The first kappa shape index (κ1) is 15.2. The molecule has 0 aliphatic heterocycles. The van der Waals surface area contributed by atoms with Crippen molar-refractivity contribution in [3.63, 3.8) is 0 Å². The molecule has 0 aliphatic rings. The molecule has 112 valence electrons. The normalized spacial score (nSPS) is 10.5. The van der Waals surface area contributed by atoms with E-state index in [9.17, 15) is 4.39 Å². The maximum Gasteiger partial charge on any atom is 0.165 e. The Morgan fingerprint density at radius 3 is 2.67 bits per heavy atom. The van der Waals surface area contributed by atoms with Crippen LogP contribution in [0.15, 0.2) is 24.3 Å². The van der Waals surface area contributed by atoms with Gasteiger partial charge in [0.25, 0.3) is 0 Å². The Kier molecular flexibility index (Phi) is 5.09. The highest BCUT2D eigenvalue weighted by Gasteiger charge is 2.05. The number of aryl methyl sites for hydroxylation is 2. The minimum atomic E-state index is -0.343. The van der Waals surface area contributed by atoms with Crippen molar-refractivity contribution in [3.8, 4) is 5.75 Å². The zero-order chi connectivity index (χ0) is 15.2. The van der Waals surface area contributed by atoms with Crippen molar-refractivity contribution >= 4 is 5.82 Å². The van der Waals surface area contributed by atoms with E-state index in [0.29, 0.717) is 13.2 Å². The summed E-state index contributed by atoms with van der Waals surface area (Å²) in [4.78, 5) is 8.65. The lowest BCUT2D eigenvalue weighted by molar-refractivity contribution is 0.321. The average Bonchev–Trinajstić information content (AvgIpc) is 2.47. The van der Waals surface area contributed by atoms with Gasteiger partial charge in [-0.3, -0.25) is 0 Å². The van der Waals surface area contributed by atoms with E-state index in [0.717, 1.165) is 29.3 Å². The SMILES string of the molecule is CCOc1ccc(CNc2cc(CC)nc(C)n2)cc1F. The van der Waals surface area contributed by atoms with Crippen LogP contribution in [0.1, 0.15) is 30.9 Å². The molecule has 5 heteroatoms. The van der Waals surface area contributed by atoms with Gasteiger partial charge in [0.05, 0.1) is 6.61 Å². The predicted octanol–water partition coefficient (Wildman–Crippen LogP) is 3.50. The smallest absolute Gasteiger partial charge is 0.165 e. The Labute approximate surface area is 124 Å². The molecule has 1 aromatic heterocycles. The second kappa shape index (κ2) is 7.02. The number of benzene rings is 1. The third-order valence-electron chi connectivity index (χ3n) is 3.02. The van der Waals surface area contributed by atoms with Crippen molar-refractivity contribution in [1.82, 2.24) is 9.97 Å². The summed E-state index contributed by atoms with van der Waals surface area (Å²) in [7, 11) is 0. The number of aromatic nitrogens is 2. The van der Waals surface area contributed by atoms with Crippen LogP contribution in [-0.4, -0.2) is 16.6 Å². The lowest BCUT2D eigenvalue weighted by Crippen LogP contribution is -2.05. The number of anilines is 1. The van der Waals surface area contributed by atoms with Crippen LogP contribution in [0.3, 0.4) is 0 Å². The molecule has 0 spiro atoms. The van der Waals surface area contributed by atoms with Crippen LogP contribution in [0.25, 0.3) is 0 Å². The van der Waals surface area contributed by atoms with E-state index >= 15 is 0 Å². The van der Waals surface area contributed by atoms with E-state index in [-0.39, 0.29) is 11.6 Å². The molecule has 0 atom stereocenters. The molecule has 0 fully saturated rings. The van der Waals surface area contributed by atoms with E-state index < -0.39 is 0 Å². The minimum absolute atomic E-state index is 0.285. The highest BCUT2D eigenvalue weighted by Crippen LogP contribution is 2.19. The lowest BCUT2D eigenvalue weighted by atomic mass is 10.2. The molecule has 0 saturated carbocycles. The van der Waals surface area contributed by atoms with Gasteiger partial charge in [-0.05, 0) is 38.0 Å². The first-order valence-electron chi connectivity index (χ1n) is 7.12. The van der Waals surface area contributed by atoms with Crippen LogP contribution < -0.4 is 10.1 Å². The monoisotopic (exact) mass is 289 g/mol. The van der Waals surface area contributed by atoms with E-state index in [1.54, 1.807) is 6.07 Å². The largest absolute Gasteiger partial charge is 0.491 e. The maximum atomic E-state index is 13.8. The molecule has 0 bridgehead atoms. The van der Waals surface area contributed by atoms with E-state index in [1.165, 1.54) is 6.07 Å². The van der Waals surface area contributed by atoms with Crippen LogP contribution in [0.5, 0.6) is 5.75 Å². The second-order valence-electron chi connectivity index (χ2n) is 4.70. The molecule has 2 rings (SSSR count). The van der Waals surface area contributed by atoms with E-state index in [2.05, 4.69) is 15.3 Å². The number of rotatable bonds is 6. The average molecular weight is 289 g/mol. The fourth-order valence-electron chi connectivity index (χ4n) is 2.02. The van der Waals surface area contributed by atoms with Gasteiger partial charge in [-0.1, -0.05) is 13.0 Å². The number of ether oxygens (including phenoxy) is 1. The summed E-state index contributed by atoms with van der Waals surface area (Å²) < 4.78 is 19.0. The third kappa shape index (κ3) is 4.15. The van der Waals surface area contributed by atoms with E-state index in [4.69, 9.17) is 4.74 Å². The fourth-order valence-corrected chi connectivity index (χ4v) is 2.02. The van der Waals surface area contributed by atoms with Crippen molar-refractivity contribution in [2.75, 3.05) is 11.9 Å². The summed E-state index contributed by atoms with van der Waals surface area (Å²) in [6.45, 7) is 6.70. The molecular weight excluding hydrogens is 269 g/mol. The number of nitrogens with zero attached hydrogens (tertiary/aromatic N) is 2. The molecule has 0 amide bonds. The quantitative estimate of drug-likeness (QED) is 0.884. The molecule has 0 saturated heterocycles. The predicted molar refractivity (Wildman–Crippen MR) is 81.0 cm³/mol. The zero-order valence-corrected chi connectivity index (χ0v) is 12.6. The molecule has 4 nitrogen and oxygen atoms in total. The summed E-state index contributed by atoms with van der Waals surface area (Å²) in [6, 6.07) is 6.89. The van der Waals surface area contributed by atoms with Crippen molar-refractivity contribution in [2.45, 2.75) is 33.7 Å². The van der Waals surface area contributed by atoms with Crippen molar-refractivity contribution in [1.29, 1.82) is 0 Å². The number of hydrogen-bond acceptors (Lipinski definition) is 4. The summed E-state index contributed by atoms with van der Waals surface area (Å²) in [6.07, 6.45) is 0.857. The van der Waals surface area contributed by atoms with Gasteiger partial charge in [0.15, 0.2) is 11.6 Å². The molecular formula is C16H20FN3O. The highest BCUT2D eigenvalue weighted by molar-refractivity contribution is 5.38. The Morgan fingerprint density at radius 1 is 1.19 bits per heavy atom. The molecule has 1 heterocycles. The Morgan fingerprint density at radius 2 is 2.00 bits per heavy atom. The highest BCUT2D eigenvalue weighted by atomic mass is 19.1. The van der Waals surface area contributed by atoms with E-state index in [1.807, 2.05) is 32.9 Å². The molecule has 0 aliphatic carbocycles. The van der Waals surface area contributed by atoms with Gasteiger partial charge in [-0.15, -0.1) is 0 Å². The molecule has 0 unspecified atom stereocenters. The van der Waals surface area contributed by atoms with Gasteiger partial charge in [-0.25, -0.2) is 14.4 Å². The van der Waals surface area contributed by atoms with Crippen LogP contribution in [0, 0.1) is 12.7 Å². The Bertz CT molecular complexity index is 616. The van der Waals surface area contributed by atoms with Crippen LogP contribution in [0.2, 0.25) is 0 Å². The van der Waals surface area contributed by atoms with Crippen LogP contribution in [0.4, 0.5) is 10.2 Å². The van der Waals surface area contributed by atoms with Crippen molar-refractivity contribution < 1.29 is 9.13 Å². The second-order valence-corrected chi connectivity index (χ2v) is 4.70. The Balaban J connectivity index is 2.06. The van der Waals surface area contributed by atoms with Gasteiger partial charge >= 0.3 is 0 Å². The first-order valence-corrected chi connectivity index (χ1v) is 7.12. The summed E-state index contributed by atoms with van der Waals surface area (Å²) in [5, 5.41) is 3.20. The van der Waals surface area contributed by atoms with Gasteiger partial charge < -0.3 is 10.1 Å². The van der Waals surface area contributed by atoms with Gasteiger partial charge in [0.2, 0.25) is 0 Å². The molecule has 1 N–H and O–H groups in total. The molecule has 0 radical (unpaired) electrons. The summed E-state index contributed by atoms with van der Waals surface area (Å²) >= 11 is 0. The minimum Gasteiger partial charge on any atom is -0.491 e. The zero-order valence-electron chi connectivity index (χ0n) is 12.6. The van der Waals surface area contributed by atoms with Gasteiger partial charge in [-0.2, -0.15) is 0 Å². The summed E-state index contributed by atoms with van der Waals surface area (Å²) in [5.74, 6) is 1.43. The topological polar surface area (TPSA) is 47.0 Å². The molecule has 2 aromatic rings. The first-order chi connectivity index (χ1) is 10.1. The number of halogens is 1. The number of hydrogen-bond donors (Lipinski definition) is 1.